The van der Waals surface area contributed by atoms with Crippen molar-refractivity contribution in [2.24, 2.45) is 0 Å². The number of nitrogens with zero attached hydrogens (tertiary/aromatic N) is 5. The summed E-state index contributed by atoms with van der Waals surface area (Å²) in [5.41, 5.74) is 1.07. The minimum Gasteiger partial charge on any atom is -0.380 e. The van der Waals surface area contributed by atoms with Crippen LogP contribution in [0.1, 0.15) is 6.92 Å². The number of hydrogen-bond acceptors (Lipinski definition) is 7. The zero-order valence-corrected chi connectivity index (χ0v) is 13.3. The van der Waals surface area contributed by atoms with Crippen LogP contribution in [0.25, 0.3) is 10.9 Å². The molecule has 2 heterocycles. The van der Waals surface area contributed by atoms with Crippen molar-refractivity contribution in [3.05, 3.63) is 53.0 Å². The first-order valence-corrected chi connectivity index (χ1v) is 7.43. The number of rotatable bonds is 5. The van der Waals surface area contributed by atoms with E-state index in [2.05, 4.69) is 20.3 Å². The van der Waals surface area contributed by atoms with Crippen LogP contribution in [0, 0.1) is 10.1 Å². The summed E-state index contributed by atoms with van der Waals surface area (Å²) in [6.07, 6.45) is 3.12. The third kappa shape index (κ3) is 2.81. The molecule has 3 rings (SSSR count). The summed E-state index contributed by atoms with van der Waals surface area (Å²) >= 11 is 0. The fourth-order valence-corrected chi connectivity index (χ4v) is 2.49. The fourth-order valence-electron chi connectivity index (χ4n) is 2.49. The molecule has 0 aliphatic rings. The molecule has 2 aromatic heterocycles. The molecule has 0 bridgehead atoms. The molecule has 1 aromatic carbocycles. The molecular weight excluding hydrogens is 308 g/mol. The average molecular weight is 324 g/mol. The maximum Gasteiger partial charge on any atom is 0.293 e. The molecule has 0 fully saturated rings. The standard InChI is InChI=1S/C16H16N6O2/c1-3-17-13-9-12-11(8-14(13)22(23)24)16(20-10-19-12)21(2)15-6-4-5-7-18-15/h4-10,17H,3H2,1-2H3. The van der Waals surface area contributed by atoms with Gasteiger partial charge in [0.15, 0.2) is 0 Å². The summed E-state index contributed by atoms with van der Waals surface area (Å²) in [6, 6.07) is 8.71. The highest BCUT2D eigenvalue weighted by atomic mass is 16.6. The highest BCUT2D eigenvalue weighted by molar-refractivity contribution is 5.95. The summed E-state index contributed by atoms with van der Waals surface area (Å²) in [5.74, 6) is 1.25. The van der Waals surface area contributed by atoms with E-state index in [4.69, 9.17) is 0 Å². The Kier molecular flexibility index (Phi) is 4.19. The zero-order valence-electron chi connectivity index (χ0n) is 13.3. The van der Waals surface area contributed by atoms with E-state index in [1.54, 1.807) is 17.2 Å². The molecule has 0 spiro atoms. The third-order valence-electron chi connectivity index (χ3n) is 3.61. The lowest BCUT2D eigenvalue weighted by Gasteiger charge is -2.18. The van der Waals surface area contributed by atoms with E-state index < -0.39 is 4.92 Å². The highest BCUT2D eigenvalue weighted by Crippen LogP contribution is 2.34. The van der Waals surface area contributed by atoms with Gasteiger partial charge in [-0.1, -0.05) is 6.07 Å². The van der Waals surface area contributed by atoms with Crippen LogP contribution in [0.4, 0.5) is 23.0 Å². The first-order valence-electron chi connectivity index (χ1n) is 7.43. The minimum absolute atomic E-state index is 0.00480. The van der Waals surface area contributed by atoms with Crippen LogP contribution in [0.2, 0.25) is 0 Å². The van der Waals surface area contributed by atoms with Gasteiger partial charge in [0.25, 0.3) is 5.69 Å². The lowest BCUT2D eigenvalue weighted by Crippen LogP contribution is -2.13. The number of nitro benzene ring substituents is 1. The molecule has 8 nitrogen and oxygen atoms in total. The van der Waals surface area contributed by atoms with Crippen LogP contribution in [0.5, 0.6) is 0 Å². The van der Waals surface area contributed by atoms with Crippen molar-refractivity contribution in [3.63, 3.8) is 0 Å². The average Bonchev–Trinajstić information content (AvgIpc) is 2.61. The van der Waals surface area contributed by atoms with Crippen LogP contribution < -0.4 is 10.2 Å². The summed E-state index contributed by atoms with van der Waals surface area (Å²) < 4.78 is 0. The van der Waals surface area contributed by atoms with Crippen molar-refractivity contribution in [1.29, 1.82) is 0 Å². The number of pyridine rings is 1. The van der Waals surface area contributed by atoms with Gasteiger partial charge in [0.1, 0.15) is 23.7 Å². The Labute approximate surface area is 138 Å². The van der Waals surface area contributed by atoms with E-state index in [9.17, 15) is 10.1 Å². The SMILES string of the molecule is CCNc1cc2ncnc(N(C)c3ccccn3)c2cc1[N+](=O)[O-]. The smallest absolute Gasteiger partial charge is 0.293 e. The van der Waals surface area contributed by atoms with Gasteiger partial charge in [-0.2, -0.15) is 0 Å². The Bertz CT molecular complexity index is 884. The summed E-state index contributed by atoms with van der Waals surface area (Å²) in [6.45, 7) is 2.46. The van der Waals surface area contributed by atoms with Crippen molar-refractivity contribution in [2.75, 3.05) is 23.8 Å². The molecule has 0 aliphatic heterocycles. The number of benzene rings is 1. The lowest BCUT2D eigenvalue weighted by atomic mass is 10.1. The van der Waals surface area contributed by atoms with Crippen LogP contribution in [-0.2, 0) is 0 Å². The Morgan fingerprint density at radius 3 is 2.75 bits per heavy atom. The van der Waals surface area contributed by atoms with Crippen LogP contribution in [-0.4, -0.2) is 33.5 Å². The number of nitrogens with one attached hydrogen (secondary N) is 1. The van der Waals surface area contributed by atoms with Gasteiger partial charge >= 0.3 is 0 Å². The quantitative estimate of drug-likeness (QED) is 0.568. The van der Waals surface area contributed by atoms with E-state index >= 15 is 0 Å². The summed E-state index contributed by atoms with van der Waals surface area (Å²) in [7, 11) is 1.81. The van der Waals surface area contributed by atoms with Gasteiger partial charge in [-0.3, -0.25) is 10.1 Å². The molecule has 0 unspecified atom stereocenters. The second kappa shape index (κ2) is 6.45. The predicted octanol–water partition coefficient (Wildman–Crippen LogP) is 3.13. The number of nitro groups is 1. The second-order valence-corrected chi connectivity index (χ2v) is 5.12. The topological polar surface area (TPSA) is 97.1 Å². The van der Waals surface area contributed by atoms with Crippen molar-refractivity contribution in [3.8, 4) is 0 Å². The Hall–Kier alpha value is -3.29. The van der Waals surface area contributed by atoms with E-state index in [-0.39, 0.29) is 5.69 Å². The number of anilines is 3. The lowest BCUT2D eigenvalue weighted by molar-refractivity contribution is -0.383. The van der Waals surface area contributed by atoms with E-state index in [0.29, 0.717) is 34.8 Å². The molecule has 24 heavy (non-hydrogen) atoms. The molecule has 1 N–H and O–H groups in total. The maximum absolute atomic E-state index is 11.4. The largest absolute Gasteiger partial charge is 0.380 e. The normalized spacial score (nSPS) is 10.6. The molecule has 3 aromatic rings. The first-order chi connectivity index (χ1) is 11.6. The molecule has 0 saturated heterocycles. The first kappa shape index (κ1) is 15.6. The van der Waals surface area contributed by atoms with Crippen molar-refractivity contribution in [2.45, 2.75) is 6.92 Å². The van der Waals surface area contributed by atoms with E-state index in [1.165, 1.54) is 12.4 Å². The van der Waals surface area contributed by atoms with Crippen LogP contribution in [0.3, 0.4) is 0 Å². The Balaban J connectivity index is 2.19. The van der Waals surface area contributed by atoms with Crippen LogP contribution in [0.15, 0.2) is 42.9 Å². The fraction of sp³-hybridized carbons (Fsp3) is 0.188. The van der Waals surface area contributed by atoms with Gasteiger partial charge in [0, 0.05) is 25.9 Å². The molecule has 0 saturated carbocycles. The monoisotopic (exact) mass is 324 g/mol. The molecule has 0 amide bonds. The molecule has 0 radical (unpaired) electrons. The predicted molar refractivity (Wildman–Crippen MR) is 92.7 cm³/mol. The number of aromatic nitrogens is 3. The van der Waals surface area contributed by atoms with Gasteiger partial charge < -0.3 is 10.2 Å². The summed E-state index contributed by atoms with van der Waals surface area (Å²) in [5, 5.41) is 15.0. The van der Waals surface area contributed by atoms with Crippen molar-refractivity contribution in [1.82, 2.24) is 15.0 Å². The van der Waals surface area contributed by atoms with Crippen molar-refractivity contribution < 1.29 is 4.92 Å². The highest BCUT2D eigenvalue weighted by Gasteiger charge is 2.19. The number of fused-ring (bicyclic) bond motifs is 1. The van der Waals surface area contributed by atoms with E-state index in [0.717, 1.165) is 0 Å². The van der Waals surface area contributed by atoms with E-state index in [1.807, 2.05) is 32.2 Å². The Morgan fingerprint density at radius 1 is 1.25 bits per heavy atom. The van der Waals surface area contributed by atoms with Gasteiger partial charge in [0.2, 0.25) is 0 Å². The molecular formula is C16H16N6O2. The van der Waals surface area contributed by atoms with Gasteiger partial charge in [-0.15, -0.1) is 0 Å². The molecule has 8 heteroatoms. The molecule has 0 aliphatic carbocycles. The van der Waals surface area contributed by atoms with Crippen molar-refractivity contribution >= 4 is 33.9 Å². The molecule has 122 valence electrons. The van der Waals surface area contributed by atoms with Gasteiger partial charge in [0.05, 0.1) is 15.8 Å². The number of hydrogen-bond donors (Lipinski definition) is 1. The van der Waals surface area contributed by atoms with Gasteiger partial charge in [-0.25, -0.2) is 15.0 Å². The maximum atomic E-state index is 11.4. The zero-order chi connectivity index (χ0) is 17.1. The third-order valence-corrected chi connectivity index (χ3v) is 3.61. The molecule has 0 atom stereocenters. The second-order valence-electron chi connectivity index (χ2n) is 5.12. The van der Waals surface area contributed by atoms with Gasteiger partial charge in [-0.05, 0) is 25.1 Å². The van der Waals surface area contributed by atoms with Crippen LogP contribution >= 0.6 is 0 Å². The Morgan fingerprint density at radius 2 is 2.08 bits per heavy atom. The minimum atomic E-state index is -0.408. The summed E-state index contributed by atoms with van der Waals surface area (Å²) in [4.78, 5) is 25.6.